The molecule has 2 aromatic rings. The SMILES string of the molecule is CCCOCc1nc(Cl)c(-c2cccc(C)c2)c(Cl)n1. The van der Waals surface area contributed by atoms with Gasteiger partial charge in [-0.3, -0.25) is 0 Å². The van der Waals surface area contributed by atoms with Crippen molar-refractivity contribution in [1.82, 2.24) is 9.97 Å². The van der Waals surface area contributed by atoms with Crippen LogP contribution in [0.1, 0.15) is 24.7 Å². The summed E-state index contributed by atoms with van der Waals surface area (Å²) in [7, 11) is 0. The van der Waals surface area contributed by atoms with Crippen molar-refractivity contribution in [1.29, 1.82) is 0 Å². The maximum atomic E-state index is 6.24. The van der Waals surface area contributed by atoms with Gasteiger partial charge < -0.3 is 4.74 Å². The Labute approximate surface area is 128 Å². The van der Waals surface area contributed by atoms with Gasteiger partial charge in [0.1, 0.15) is 16.9 Å². The molecule has 0 atom stereocenters. The second-order valence-electron chi connectivity index (χ2n) is 4.52. The van der Waals surface area contributed by atoms with E-state index in [1.165, 1.54) is 0 Å². The summed E-state index contributed by atoms with van der Waals surface area (Å²) in [5.41, 5.74) is 2.71. The predicted molar refractivity (Wildman–Crippen MR) is 82.2 cm³/mol. The molecule has 1 aromatic heterocycles. The van der Waals surface area contributed by atoms with Gasteiger partial charge in [0.2, 0.25) is 0 Å². The molecule has 0 saturated carbocycles. The summed E-state index contributed by atoms with van der Waals surface area (Å²) in [6.07, 6.45) is 0.947. The molecule has 106 valence electrons. The average molecular weight is 311 g/mol. The minimum atomic E-state index is 0.321. The van der Waals surface area contributed by atoms with Crippen LogP contribution in [0.2, 0.25) is 10.3 Å². The summed E-state index contributed by atoms with van der Waals surface area (Å²) in [6, 6.07) is 7.91. The zero-order chi connectivity index (χ0) is 14.5. The minimum Gasteiger partial charge on any atom is -0.373 e. The fourth-order valence-electron chi connectivity index (χ4n) is 1.86. The van der Waals surface area contributed by atoms with E-state index in [-0.39, 0.29) is 0 Å². The quantitative estimate of drug-likeness (QED) is 0.594. The summed E-state index contributed by atoms with van der Waals surface area (Å²) in [4.78, 5) is 8.51. The van der Waals surface area contributed by atoms with E-state index >= 15 is 0 Å². The molecule has 0 bridgehead atoms. The standard InChI is InChI=1S/C15H16Cl2N2O/c1-3-7-20-9-12-18-14(16)13(15(17)19-12)11-6-4-5-10(2)8-11/h4-6,8H,3,7,9H2,1-2H3. The van der Waals surface area contributed by atoms with Crippen LogP contribution in [0.5, 0.6) is 0 Å². The van der Waals surface area contributed by atoms with Gasteiger partial charge in [-0.15, -0.1) is 0 Å². The lowest BCUT2D eigenvalue weighted by Gasteiger charge is -2.09. The Morgan fingerprint density at radius 1 is 1.15 bits per heavy atom. The summed E-state index contributed by atoms with van der Waals surface area (Å²) >= 11 is 12.5. The molecule has 0 fully saturated rings. The highest BCUT2D eigenvalue weighted by Crippen LogP contribution is 2.32. The topological polar surface area (TPSA) is 35.0 Å². The summed E-state index contributed by atoms with van der Waals surface area (Å²) in [5.74, 6) is 0.504. The third-order valence-electron chi connectivity index (χ3n) is 2.75. The van der Waals surface area contributed by atoms with E-state index in [1.807, 2.05) is 38.1 Å². The van der Waals surface area contributed by atoms with Gasteiger partial charge in [-0.1, -0.05) is 60.0 Å². The van der Waals surface area contributed by atoms with Crippen molar-refractivity contribution >= 4 is 23.2 Å². The third kappa shape index (κ3) is 3.69. The number of ether oxygens (including phenoxy) is 1. The molecule has 20 heavy (non-hydrogen) atoms. The number of nitrogens with zero attached hydrogens (tertiary/aromatic N) is 2. The highest BCUT2D eigenvalue weighted by atomic mass is 35.5. The molecule has 2 rings (SSSR count). The van der Waals surface area contributed by atoms with E-state index < -0.39 is 0 Å². The van der Waals surface area contributed by atoms with Crippen molar-refractivity contribution in [3.63, 3.8) is 0 Å². The zero-order valence-corrected chi connectivity index (χ0v) is 13.0. The average Bonchev–Trinajstić information content (AvgIpc) is 2.38. The van der Waals surface area contributed by atoms with Gasteiger partial charge in [-0.2, -0.15) is 0 Å². The van der Waals surface area contributed by atoms with E-state index in [0.29, 0.717) is 34.9 Å². The van der Waals surface area contributed by atoms with Crippen molar-refractivity contribution < 1.29 is 4.74 Å². The first-order valence-corrected chi connectivity index (χ1v) is 7.24. The van der Waals surface area contributed by atoms with Crippen LogP contribution in [0, 0.1) is 6.92 Å². The van der Waals surface area contributed by atoms with E-state index in [1.54, 1.807) is 0 Å². The Morgan fingerprint density at radius 3 is 2.45 bits per heavy atom. The Morgan fingerprint density at radius 2 is 1.85 bits per heavy atom. The molecular formula is C15H16Cl2N2O. The third-order valence-corrected chi connectivity index (χ3v) is 3.30. The van der Waals surface area contributed by atoms with Crippen molar-refractivity contribution in [3.8, 4) is 11.1 Å². The molecule has 0 unspecified atom stereocenters. The van der Waals surface area contributed by atoms with Crippen LogP contribution < -0.4 is 0 Å². The zero-order valence-electron chi connectivity index (χ0n) is 11.5. The number of hydrogen-bond acceptors (Lipinski definition) is 3. The Balaban J connectivity index is 2.31. The first kappa shape index (κ1) is 15.2. The van der Waals surface area contributed by atoms with Crippen LogP contribution in [0.3, 0.4) is 0 Å². The Kier molecular flexibility index (Phi) is 5.35. The molecule has 1 aromatic carbocycles. The summed E-state index contributed by atoms with van der Waals surface area (Å²) in [5, 5.41) is 0.705. The van der Waals surface area contributed by atoms with Crippen LogP contribution in [-0.4, -0.2) is 16.6 Å². The van der Waals surface area contributed by atoms with E-state index in [2.05, 4.69) is 9.97 Å². The fourth-order valence-corrected chi connectivity index (χ4v) is 2.50. The fraction of sp³-hybridized carbons (Fsp3) is 0.333. The minimum absolute atomic E-state index is 0.321. The predicted octanol–water partition coefficient (Wildman–Crippen LogP) is 4.69. The van der Waals surface area contributed by atoms with Gasteiger partial charge in [-0.25, -0.2) is 9.97 Å². The molecule has 0 N–H and O–H groups in total. The summed E-state index contributed by atoms with van der Waals surface area (Å²) < 4.78 is 5.40. The lowest BCUT2D eigenvalue weighted by Crippen LogP contribution is -2.02. The molecule has 1 heterocycles. The van der Waals surface area contributed by atoms with Crippen molar-refractivity contribution in [2.24, 2.45) is 0 Å². The van der Waals surface area contributed by atoms with Crippen LogP contribution in [0.4, 0.5) is 0 Å². The van der Waals surface area contributed by atoms with Gasteiger partial charge >= 0.3 is 0 Å². The van der Waals surface area contributed by atoms with Crippen LogP contribution in [0.15, 0.2) is 24.3 Å². The highest BCUT2D eigenvalue weighted by molar-refractivity contribution is 6.37. The highest BCUT2D eigenvalue weighted by Gasteiger charge is 2.13. The van der Waals surface area contributed by atoms with E-state index in [0.717, 1.165) is 17.5 Å². The Bertz CT molecular complexity index is 579. The van der Waals surface area contributed by atoms with Gasteiger partial charge in [0, 0.05) is 6.61 Å². The largest absolute Gasteiger partial charge is 0.373 e. The first-order valence-electron chi connectivity index (χ1n) is 6.48. The van der Waals surface area contributed by atoms with Gasteiger partial charge in [-0.05, 0) is 18.9 Å². The van der Waals surface area contributed by atoms with Gasteiger partial charge in [0.15, 0.2) is 5.82 Å². The molecule has 3 nitrogen and oxygen atoms in total. The second-order valence-corrected chi connectivity index (χ2v) is 5.23. The number of aryl methyl sites for hydroxylation is 1. The lowest BCUT2D eigenvalue weighted by molar-refractivity contribution is 0.116. The molecule has 0 spiro atoms. The monoisotopic (exact) mass is 310 g/mol. The molecule has 0 aliphatic rings. The van der Waals surface area contributed by atoms with Crippen molar-refractivity contribution in [3.05, 3.63) is 46.0 Å². The summed E-state index contributed by atoms with van der Waals surface area (Å²) in [6.45, 7) is 5.04. The number of rotatable bonds is 5. The lowest BCUT2D eigenvalue weighted by atomic mass is 10.1. The molecule has 0 radical (unpaired) electrons. The molecule has 0 aliphatic heterocycles. The van der Waals surface area contributed by atoms with Gasteiger partial charge in [0.05, 0.1) is 5.56 Å². The van der Waals surface area contributed by atoms with E-state index in [9.17, 15) is 0 Å². The first-order chi connectivity index (χ1) is 9.61. The van der Waals surface area contributed by atoms with Gasteiger partial charge in [0.25, 0.3) is 0 Å². The molecule has 0 aliphatic carbocycles. The number of benzene rings is 1. The van der Waals surface area contributed by atoms with E-state index in [4.69, 9.17) is 27.9 Å². The smallest absolute Gasteiger partial charge is 0.157 e. The maximum absolute atomic E-state index is 6.24. The van der Waals surface area contributed by atoms with Crippen LogP contribution in [0.25, 0.3) is 11.1 Å². The molecule has 0 amide bonds. The molecule has 0 saturated heterocycles. The number of aromatic nitrogens is 2. The van der Waals surface area contributed by atoms with Crippen molar-refractivity contribution in [2.45, 2.75) is 26.9 Å². The second kappa shape index (κ2) is 7.02. The Hall–Kier alpha value is -1.16. The number of halogens is 2. The molecule has 5 heteroatoms. The van der Waals surface area contributed by atoms with Crippen LogP contribution in [-0.2, 0) is 11.3 Å². The number of hydrogen-bond donors (Lipinski definition) is 0. The van der Waals surface area contributed by atoms with Crippen molar-refractivity contribution in [2.75, 3.05) is 6.61 Å². The maximum Gasteiger partial charge on any atom is 0.157 e. The van der Waals surface area contributed by atoms with Crippen LogP contribution >= 0.6 is 23.2 Å². The normalized spacial score (nSPS) is 10.8. The molecular weight excluding hydrogens is 295 g/mol.